The first kappa shape index (κ1) is 19.1. The lowest BCUT2D eigenvalue weighted by molar-refractivity contribution is -0.0498. The lowest BCUT2D eigenvalue weighted by atomic mass is 9.95. The fourth-order valence-corrected chi connectivity index (χ4v) is 3.49. The van der Waals surface area contributed by atoms with Crippen LogP contribution < -0.4 is 9.46 Å². The first-order valence-electron chi connectivity index (χ1n) is 7.98. The number of benzene rings is 1. The van der Waals surface area contributed by atoms with Crippen molar-refractivity contribution in [2.45, 2.75) is 32.4 Å². The van der Waals surface area contributed by atoms with Crippen LogP contribution in [-0.4, -0.2) is 45.8 Å². The summed E-state index contributed by atoms with van der Waals surface area (Å²) in [5, 5.41) is 0. The van der Waals surface area contributed by atoms with Gasteiger partial charge in [0, 0.05) is 12.6 Å². The maximum Gasteiger partial charge on any atom is 0.387 e. The molecule has 1 saturated heterocycles. The van der Waals surface area contributed by atoms with Crippen LogP contribution in [0.5, 0.6) is 5.75 Å². The summed E-state index contributed by atoms with van der Waals surface area (Å²) in [4.78, 5) is 2.32. The number of nitrogens with one attached hydrogen (secondary N) is 1. The topological polar surface area (TPSA) is 58.6 Å². The Hall–Kier alpha value is -1.25. The molecule has 136 valence electrons. The molecule has 5 nitrogen and oxygen atoms in total. The summed E-state index contributed by atoms with van der Waals surface area (Å²) in [6, 6.07) is 6.90. The zero-order valence-electron chi connectivity index (χ0n) is 13.9. The van der Waals surface area contributed by atoms with E-state index in [9.17, 15) is 17.2 Å². The average Bonchev–Trinajstić information content (AvgIpc) is 2.52. The molecule has 0 radical (unpaired) electrons. The Kier molecular flexibility index (Phi) is 6.54. The highest BCUT2D eigenvalue weighted by atomic mass is 32.2. The number of rotatable bonds is 7. The van der Waals surface area contributed by atoms with Crippen LogP contribution in [0.3, 0.4) is 0 Å². The minimum absolute atomic E-state index is 0.159. The fraction of sp³-hybridized carbons (Fsp3) is 0.625. The minimum Gasteiger partial charge on any atom is -0.435 e. The number of ether oxygens (including phenoxy) is 1. The molecule has 0 bridgehead atoms. The van der Waals surface area contributed by atoms with Gasteiger partial charge in [-0.2, -0.15) is 8.78 Å². The van der Waals surface area contributed by atoms with E-state index in [0.29, 0.717) is 12.5 Å². The van der Waals surface area contributed by atoms with Gasteiger partial charge in [-0.05, 0) is 56.5 Å². The average molecular weight is 362 g/mol. The summed E-state index contributed by atoms with van der Waals surface area (Å²) < 4.78 is 53.6. The third-order valence-corrected chi connectivity index (χ3v) is 5.11. The highest BCUT2D eigenvalue weighted by Crippen LogP contribution is 2.27. The van der Waals surface area contributed by atoms with Crippen LogP contribution in [0.4, 0.5) is 8.78 Å². The lowest BCUT2D eigenvalue weighted by Crippen LogP contribution is -2.39. The van der Waals surface area contributed by atoms with Crippen LogP contribution in [0.25, 0.3) is 0 Å². The third kappa shape index (κ3) is 5.99. The molecular formula is C16H24F2N2O3S. The first-order valence-corrected chi connectivity index (χ1v) is 9.87. The highest BCUT2D eigenvalue weighted by Gasteiger charge is 2.24. The normalized spacial score (nSPS) is 18.7. The predicted octanol–water partition coefficient (Wildman–Crippen LogP) is 2.61. The minimum atomic E-state index is -3.14. The van der Waals surface area contributed by atoms with Crippen molar-refractivity contribution in [3.05, 3.63) is 29.8 Å². The van der Waals surface area contributed by atoms with Crippen molar-refractivity contribution in [3.8, 4) is 5.75 Å². The highest BCUT2D eigenvalue weighted by molar-refractivity contribution is 7.88. The van der Waals surface area contributed by atoms with Crippen molar-refractivity contribution in [1.29, 1.82) is 0 Å². The molecule has 1 N–H and O–H groups in total. The second kappa shape index (κ2) is 8.22. The molecule has 1 aliphatic rings. The molecule has 0 saturated carbocycles. The Bertz CT molecular complexity index is 615. The quantitative estimate of drug-likeness (QED) is 0.810. The zero-order valence-corrected chi connectivity index (χ0v) is 14.7. The Morgan fingerprint density at radius 3 is 2.33 bits per heavy atom. The number of alkyl halides is 2. The van der Waals surface area contributed by atoms with Crippen LogP contribution in [-0.2, 0) is 10.0 Å². The van der Waals surface area contributed by atoms with Gasteiger partial charge in [0.2, 0.25) is 10.0 Å². The van der Waals surface area contributed by atoms with Gasteiger partial charge in [0.1, 0.15) is 5.75 Å². The monoisotopic (exact) mass is 362 g/mol. The molecule has 1 aliphatic heterocycles. The van der Waals surface area contributed by atoms with E-state index in [1.807, 2.05) is 0 Å². The van der Waals surface area contributed by atoms with E-state index in [1.165, 1.54) is 6.26 Å². The number of likely N-dealkylation sites (tertiary alicyclic amines) is 1. The molecule has 1 atom stereocenters. The van der Waals surface area contributed by atoms with Gasteiger partial charge in [-0.15, -0.1) is 0 Å². The van der Waals surface area contributed by atoms with Gasteiger partial charge in [-0.25, -0.2) is 13.1 Å². The van der Waals surface area contributed by atoms with E-state index < -0.39 is 16.6 Å². The number of hydrogen-bond acceptors (Lipinski definition) is 4. The standard InChI is InChI=1S/C16H24F2N2O3S/c1-12(14-3-5-15(6-4-14)23-16(17)18)20-9-7-13(8-10-20)11-19-24(2,21)22/h3-6,12-13,16,19H,7-11H2,1-2H3. The van der Waals surface area contributed by atoms with Crippen LogP contribution in [0.15, 0.2) is 24.3 Å². The smallest absolute Gasteiger partial charge is 0.387 e. The third-order valence-electron chi connectivity index (χ3n) is 4.42. The summed E-state index contributed by atoms with van der Waals surface area (Å²) in [6.45, 7) is 1.52. The van der Waals surface area contributed by atoms with E-state index >= 15 is 0 Å². The van der Waals surface area contributed by atoms with Crippen molar-refractivity contribution in [2.24, 2.45) is 5.92 Å². The largest absolute Gasteiger partial charge is 0.435 e. The Morgan fingerprint density at radius 1 is 1.25 bits per heavy atom. The molecule has 0 spiro atoms. The van der Waals surface area contributed by atoms with Gasteiger partial charge in [-0.3, -0.25) is 4.90 Å². The Morgan fingerprint density at radius 2 is 1.83 bits per heavy atom. The second-order valence-corrected chi connectivity index (χ2v) is 8.06. The van der Waals surface area contributed by atoms with Crippen molar-refractivity contribution >= 4 is 10.0 Å². The first-order chi connectivity index (χ1) is 11.2. The van der Waals surface area contributed by atoms with E-state index in [1.54, 1.807) is 24.3 Å². The molecular weight excluding hydrogens is 338 g/mol. The SMILES string of the molecule is CC(c1ccc(OC(F)F)cc1)N1CCC(CNS(C)(=O)=O)CC1. The lowest BCUT2D eigenvalue weighted by Gasteiger charge is -2.36. The van der Waals surface area contributed by atoms with Gasteiger partial charge in [0.05, 0.1) is 6.26 Å². The number of piperidine rings is 1. The maximum atomic E-state index is 12.2. The van der Waals surface area contributed by atoms with E-state index in [2.05, 4.69) is 21.3 Å². The van der Waals surface area contributed by atoms with Gasteiger partial charge in [0.25, 0.3) is 0 Å². The summed E-state index contributed by atoms with van der Waals surface area (Å²) in [6.07, 6.45) is 3.03. The van der Waals surface area contributed by atoms with Crippen LogP contribution >= 0.6 is 0 Å². The van der Waals surface area contributed by atoms with Crippen molar-refractivity contribution in [2.75, 3.05) is 25.9 Å². The molecule has 1 heterocycles. The maximum absolute atomic E-state index is 12.2. The fourth-order valence-electron chi connectivity index (χ4n) is 2.95. The Labute approximate surface area is 142 Å². The van der Waals surface area contributed by atoms with Crippen LogP contribution in [0.1, 0.15) is 31.4 Å². The molecule has 0 amide bonds. The van der Waals surface area contributed by atoms with E-state index in [4.69, 9.17) is 0 Å². The number of sulfonamides is 1. The number of halogens is 2. The summed E-state index contributed by atoms with van der Waals surface area (Å²) in [7, 11) is -3.14. The van der Waals surface area contributed by atoms with Gasteiger partial charge in [0.15, 0.2) is 0 Å². The van der Waals surface area contributed by atoms with Crippen LogP contribution in [0, 0.1) is 5.92 Å². The van der Waals surface area contributed by atoms with Crippen molar-refractivity contribution in [1.82, 2.24) is 9.62 Å². The summed E-state index contributed by atoms with van der Waals surface area (Å²) >= 11 is 0. The van der Waals surface area contributed by atoms with Gasteiger partial charge >= 0.3 is 6.61 Å². The van der Waals surface area contributed by atoms with Crippen molar-refractivity contribution < 1.29 is 21.9 Å². The summed E-state index contributed by atoms with van der Waals surface area (Å²) in [5.74, 6) is 0.511. The molecule has 1 fully saturated rings. The second-order valence-electron chi connectivity index (χ2n) is 6.22. The molecule has 8 heteroatoms. The molecule has 1 aromatic carbocycles. The molecule has 0 aliphatic carbocycles. The van der Waals surface area contributed by atoms with E-state index in [0.717, 1.165) is 31.5 Å². The zero-order chi connectivity index (χ0) is 17.7. The van der Waals surface area contributed by atoms with Gasteiger partial charge < -0.3 is 4.74 Å². The molecule has 1 unspecified atom stereocenters. The van der Waals surface area contributed by atoms with Crippen LogP contribution in [0.2, 0.25) is 0 Å². The molecule has 1 aromatic rings. The Balaban J connectivity index is 1.85. The van der Waals surface area contributed by atoms with Crippen molar-refractivity contribution in [3.63, 3.8) is 0 Å². The predicted molar refractivity (Wildman–Crippen MR) is 88.6 cm³/mol. The number of hydrogen-bond donors (Lipinski definition) is 1. The van der Waals surface area contributed by atoms with Gasteiger partial charge in [-0.1, -0.05) is 12.1 Å². The van der Waals surface area contributed by atoms with E-state index in [-0.39, 0.29) is 11.8 Å². The molecule has 0 aromatic heterocycles. The summed E-state index contributed by atoms with van der Waals surface area (Å²) in [5.41, 5.74) is 1.05. The molecule has 24 heavy (non-hydrogen) atoms. The molecule has 2 rings (SSSR count). The number of nitrogens with zero attached hydrogens (tertiary/aromatic N) is 1.